The Hall–Kier alpha value is -1.90. The molecule has 27 heavy (non-hydrogen) atoms. The van der Waals surface area contributed by atoms with E-state index in [9.17, 15) is 4.79 Å². The van der Waals surface area contributed by atoms with Crippen molar-refractivity contribution in [1.29, 1.82) is 0 Å². The molecule has 0 fully saturated rings. The number of hydrazone groups is 1. The van der Waals surface area contributed by atoms with Crippen LogP contribution < -0.4 is 5.43 Å². The molecule has 3 nitrogen and oxygen atoms in total. The molecule has 2 aliphatic rings. The first-order chi connectivity index (χ1) is 12.7. The monoisotopic (exact) mass is 366 g/mol. The quantitative estimate of drug-likeness (QED) is 0.389. The first-order valence-electron chi connectivity index (χ1n) is 10.3. The summed E-state index contributed by atoms with van der Waals surface area (Å²) in [7, 11) is 0. The number of hydrogen-bond donors (Lipinski definition) is 1. The van der Waals surface area contributed by atoms with E-state index in [2.05, 4.69) is 38.2 Å². The van der Waals surface area contributed by atoms with Crippen molar-refractivity contribution in [3.05, 3.63) is 47.0 Å². The molecule has 0 aliphatic heterocycles. The molecule has 0 radical (unpaired) electrons. The number of rotatable bonds is 4. The van der Waals surface area contributed by atoms with E-state index < -0.39 is 0 Å². The Morgan fingerprint density at radius 2 is 1.89 bits per heavy atom. The first-order valence-corrected chi connectivity index (χ1v) is 10.3. The van der Waals surface area contributed by atoms with Crippen molar-refractivity contribution in [3.8, 4) is 0 Å². The van der Waals surface area contributed by atoms with Gasteiger partial charge in [0.2, 0.25) is 0 Å². The summed E-state index contributed by atoms with van der Waals surface area (Å²) in [5, 5.41) is 4.39. The summed E-state index contributed by atoms with van der Waals surface area (Å²) < 4.78 is 0. The van der Waals surface area contributed by atoms with Gasteiger partial charge < -0.3 is 0 Å². The molecule has 2 aliphatic carbocycles. The lowest BCUT2D eigenvalue weighted by Gasteiger charge is -2.47. The van der Waals surface area contributed by atoms with Gasteiger partial charge in [-0.2, -0.15) is 5.10 Å². The highest BCUT2D eigenvalue weighted by Gasteiger charge is 2.41. The summed E-state index contributed by atoms with van der Waals surface area (Å²) in [6.45, 7) is 11.7. The number of nitrogens with zero attached hydrogens (tertiary/aromatic N) is 1. The Kier molecular flexibility index (Phi) is 5.60. The first kappa shape index (κ1) is 19.9. The van der Waals surface area contributed by atoms with Crippen molar-refractivity contribution in [3.63, 3.8) is 0 Å². The average molecular weight is 367 g/mol. The van der Waals surface area contributed by atoms with Gasteiger partial charge in [-0.25, -0.2) is 5.43 Å². The van der Waals surface area contributed by atoms with Crippen LogP contribution >= 0.6 is 0 Å². The maximum absolute atomic E-state index is 12.2. The van der Waals surface area contributed by atoms with Crippen molar-refractivity contribution in [2.45, 2.75) is 73.1 Å². The second-order valence-electron chi connectivity index (χ2n) is 9.74. The van der Waals surface area contributed by atoms with Gasteiger partial charge in [0.05, 0.1) is 0 Å². The topological polar surface area (TPSA) is 41.5 Å². The van der Waals surface area contributed by atoms with E-state index in [1.54, 1.807) is 11.1 Å². The molecule has 0 aromatic heterocycles. The van der Waals surface area contributed by atoms with Gasteiger partial charge in [0.15, 0.2) is 0 Å². The molecule has 3 rings (SSSR count). The van der Waals surface area contributed by atoms with Crippen molar-refractivity contribution in [1.82, 2.24) is 5.43 Å². The van der Waals surface area contributed by atoms with Crippen LogP contribution in [-0.4, -0.2) is 11.6 Å². The van der Waals surface area contributed by atoms with Crippen LogP contribution in [0.2, 0.25) is 0 Å². The number of allylic oxidation sites excluding steroid dienone is 2. The fourth-order valence-corrected chi connectivity index (χ4v) is 4.84. The van der Waals surface area contributed by atoms with E-state index >= 15 is 0 Å². The number of carbonyl (C=O) groups excluding carboxylic acids is 1. The Morgan fingerprint density at radius 3 is 2.59 bits per heavy atom. The largest absolute Gasteiger partial charge is 0.271 e. The SMILES string of the molecule is C/C(CC1CC2=C(CC1(C)C)C(C)(C)CCC2)=N\NC(=O)c1ccccc1. The third kappa shape index (κ3) is 4.51. The molecule has 1 atom stereocenters. The number of benzene rings is 1. The van der Waals surface area contributed by atoms with Crippen LogP contribution in [0.5, 0.6) is 0 Å². The molecule has 1 amide bonds. The van der Waals surface area contributed by atoms with Crippen LogP contribution in [0.25, 0.3) is 0 Å². The molecule has 146 valence electrons. The summed E-state index contributed by atoms with van der Waals surface area (Å²) in [5.41, 5.74) is 8.44. The van der Waals surface area contributed by atoms with E-state index in [0.717, 1.165) is 12.1 Å². The molecular formula is C24H34N2O. The summed E-state index contributed by atoms with van der Waals surface area (Å²) >= 11 is 0. The fraction of sp³-hybridized carbons (Fsp3) is 0.583. The summed E-state index contributed by atoms with van der Waals surface area (Å²) in [6.07, 6.45) is 7.23. The summed E-state index contributed by atoms with van der Waals surface area (Å²) in [5.74, 6) is 0.444. The standard InChI is InChI=1S/C24H34N2O/c1-17(25-26-22(27)18-10-7-6-8-11-18)14-20-15-19-12-9-13-23(2,3)21(19)16-24(20,4)5/h6-8,10-11,20H,9,12-16H2,1-5H3,(H,26,27)/b25-17+. The molecule has 0 heterocycles. The van der Waals surface area contributed by atoms with E-state index in [4.69, 9.17) is 0 Å². The van der Waals surface area contributed by atoms with Gasteiger partial charge in [0.1, 0.15) is 0 Å². The third-order valence-electron chi connectivity index (χ3n) is 6.68. The van der Waals surface area contributed by atoms with Crippen LogP contribution in [0.15, 0.2) is 46.6 Å². The van der Waals surface area contributed by atoms with Gasteiger partial charge in [0, 0.05) is 11.3 Å². The fourth-order valence-electron chi connectivity index (χ4n) is 4.84. The predicted molar refractivity (Wildman–Crippen MR) is 113 cm³/mol. The van der Waals surface area contributed by atoms with Gasteiger partial charge in [-0.1, -0.05) is 57.0 Å². The lowest BCUT2D eigenvalue weighted by molar-refractivity contribution is 0.0954. The van der Waals surface area contributed by atoms with E-state index in [-0.39, 0.29) is 11.3 Å². The molecule has 1 N–H and O–H groups in total. The van der Waals surface area contributed by atoms with E-state index in [0.29, 0.717) is 16.9 Å². The van der Waals surface area contributed by atoms with Gasteiger partial charge >= 0.3 is 0 Å². The van der Waals surface area contributed by atoms with Crippen molar-refractivity contribution in [2.75, 3.05) is 0 Å². The molecule has 3 heteroatoms. The number of carbonyl (C=O) groups is 1. The Morgan fingerprint density at radius 1 is 1.19 bits per heavy atom. The molecule has 0 saturated heterocycles. The molecule has 1 aromatic rings. The minimum absolute atomic E-state index is 0.142. The predicted octanol–water partition coefficient (Wildman–Crippen LogP) is 6.13. The zero-order valence-electron chi connectivity index (χ0n) is 17.6. The minimum Gasteiger partial charge on any atom is -0.267 e. The van der Waals surface area contributed by atoms with E-state index in [1.807, 2.05) is 37.3 Å². The number of amides is 1. The lowest BCUT2D eigenvalue weighted by Crippen LogP contribution is -2.36. The number of hydrogen-bond acceptors (Lipinski definition) is 2. The summed E-state index contributed by atoms with van der Waals surface area (Å²) in [6, 6.07) is 9.26. The Balaban J connectivity index is 1.68. The number of nitrogens with one attached hydrogen (secondary N) is 1. The maximum atomic E-state index is 12.2. The Labute approximate surface area is 164 Å². The van der Waals surface area contributed by atoms with Gasteiger partial charge in [0.25, 0.3) is 5.91 Å². The summed E-state index contributed by atoms with van der Waals surface area (Å²) in [4.78, 5) is 12.2. The highest BCUT2D eigenvalue weighted by molar-refractivity contribution is 5.95. The average Bonchev–Trinajstić information content (AvgIpc) is 2.61. The zero-order chi connectivity index (χ0) is 19.7. The van der Waals surface area contributed by atoms with Crippen LogP contribution in [0.4, 0.5) is 0 Å². The normalized spacial score (nSPS) is 24.3. The van der Waals surface area contributed by atoms with Crippen LogP contribution in [0.3, 0.4) is 0 Å². The maximum Gasteiger partial charge on any atom is 0.271 e. The highest BCUT2D eigenvalue weighted by atomic mass is 16.2. The molecule has 0 spiro atoms. The smallest absolute Gasteiger partial charge is 0.267 e. The van der Waals surface area contributed by atoms with Crippen molar-refractivity contribution in [2.24, 2.45) is 21.8 Å². The lowest BCUT2D eigenvalue weighted by atomic mass is 9.57. The van der Waals surface area contributed by atoms with Gasteiger partial charge in [-0.05, 0) is 74.3 Å². The second-order valence-corrected chi connectivity index (χ2v) is 9.74. The third-order valence-corrected chi connectivity index (χ3v) is 6.68. The van der Waals surface area contributed by atoms with Gasteiger partial charge in [-0.3, -0.25) is 4.79 Å². The second kappa shape index (κ2) is 7.61. The van der Waals surface area contributed by atoms with Crippen molar-refractivity contribution >= 4 is 11.6 Å². The molecule has 1 aromatic carbocycles. The molecule has 0 bridgehead atoms. The minimum atomic E-state index is -0.142. The highest BCUT2D eigenvalue weighted by Crippen LogP contribution is 2.54. The molecule has 0 saturated carbocycles. The zero-order valence-corrected chi connectivity index (χ0v) is 17.6. The Bertz CT molecular complexity index is 756. The molecular weight excluding hydrogens is 332 g/mol. The van der Waals surface area contributed by atoms with Crippen LogP contribution in [-0.2, 0) is 0 Å². The van der Waals surface area contributed by atoms with Crippen LogP contribution in [0, 0.1) is 16.7 Å². The van der Waals surface area contributed by atoms with Crippen LogP contribution in [0.1, 0.15) is 83.5 Å². The van der Waals surface area contributed by atoms with E-state index in [1.165, 1.54) is 32.1 Å². The van der Waals surface area contributed by atoms with Gasteiger partial charge in [-0.15, -0.1) is 0 Å². The molecule has 1 unspecified atom stereocenters. The van der Waals surface area contributed by atoms with Crippen molar-refractivity contribution < 1.29 is 4.79 Å².